The minimum atomic E-state index is -0.547. The van der Waals surface area contributed by atoms with Gasteiger partial charge in [-0.1, -0.05) is 6.07 Å². The lowest BCUT2D eigenvalue weighted by Gasteiger charge is -2.19. The van der Waals surface area contributed by atoms with Crippen molar-refractivity contribution in [2.45, 2.75) is 6.92 Å². The highest BCUT2D eigenvalue weighted by molar-refractivity contribution is 5.92. The molecule has 0 aliphatic rings. The topological polar surface area (TPSA) is 101 Å². The van der Waals surface area contributed by atoms with Crippen molar-refractivity contribution in [2.75, 3.05) is 24.1 Å². The van der Waals surface area contributed by atoms with E-state index in [-0.39, 0.29) is 12.6 Å². The maximum atomic E-state index is 11.8. The Morgan fingerprint density at radius 1 is 1.41 bits per heavy atom. The van der Waals surface area contributed by atoms with Gasteiger partial charge in [-0.2, -0.15) is 0 Å². The fourth-order valence-corrected chi connectivity index (χ4v) is 1.33. The highest BCUT2D eigenvalue weighted by atomic mass is 16.2. The molecule has 0 fully saturated rings. The van der Waals surface area contributed by atoms with E-state index in [0.717, 1.165) is 0 Å². The van der Waals surface area contributed by atoms with Crippen LogP contribution in [0.2, 0.25) is 0 Å². The summed E-state index contributed by atoms with van der Waals surface area (Å²) in [7, 11) is 0. The molecule has 0 heterocycles. The number of anilines is 2. The number of benzene rings is 1. The van der Waals surface area contributed by atoms with E-state index in [9.17, 15) is 9.59 Å². The molecule has 5 N–H and O–H groups in total. The summed E-state index contributed by atoms with van der Waals surface area (Å²) in [5.41, 5.74) is 11.8. The summed E-state index contributed by atoms with van der Waals surface area (Å²) in [6.45, 7) is 2.06. The molecule has 3 amide bonds. The van der Waals surface area contributed by atoms with E-state index in [4.69, 9.17) is 11.5 Å². The van der Waals surface area contributed by atoms with Crippen molar-refractivity contribution in [2.24, 2.45) is 5.73 Å². The van der Waals surface area contributed by atoms with Crippen LogP contribution < -0.4 is 16.8 Å². The molecule has 6 heteroatoms. The molecule has 0 unspecified atom stereocenters. The van der Waals surface area contributed by atoms with Crippen molar-refractivity contribution in [1.29, 1.82) is 0 Å². The number of nitrogens with zero attached hydrogens (tertiary/aromatic N) is 1. The first-order valence-corrected chi connectivity index (χ1v) is 5.22. The number of primary amides is 1. The Bertz CT molecular complexity index is 420. The van der Waals surface area contributed by atoms with Crippen molar-refractivity contribution < 1.29 is 9.59 Å². The molecule has 0 radical (unpaired) electrons. The molecule has 0 saturated carbocycles. The summed E-state index contributed by atoms with van der Waals surface area (Å²) < 4.78 is 0. The second-order valence-electron chi connectivity index (χ2n) is 3.54. The number of hydrogen-bond donors (Lipinski definition) is 3. The average molecular weight is 236 g/mol. The quantitative estimate of drug-likeness (QED) is 0.667. The van der Waals surface area contributed by atoms with Gasteiger partial charge >= 0.3 is 6.03 Å². The van der Waals surface area contributed by atoms with Crippen LogP contribution >= 0.6 is 0 Å². The molecular weight excluding hydrogens is 220 g/mol. The molecule has 0 atom stereocenters. The summed E-state index contributed by atoms with van der Waals surface area (Å²) in [4.78, 5) is 23.8. The molecule has 92 valence electrons. The fourth-order valence-electron chi connectivity index (χ4n) is 1.33. The number of urea groups is 1. The van der Waals surface area contributed by atoms with Gasteiger partial charge in [0.25, 0.3) is 0 Å². The van der Waals surface area contributed by atoms with E-state index in [2.05, 4.69) is 5.32 Å². The second-order valence-corrected chi connectivity index (χ2v) is 3.54. The van der Waals surface area contributed by atoms with Crippen LogP contribution in [0.4, 0.5) is 16.2 Å². The molecule has 0 aliphatic carbocycles. The van der Waals surface area contributed by atoms with Gasteiger partial charge in [0.1, 0.15) is 6.54 Å². The Morgan fingerprint density at radius 3 is 2.65 bits per heavy atom. The maximum Gasteiger partial charge on any atom is 0.322 e. The smallest absolute Gasteiger partial charge is 0.322 e. The first kappa shape index (κ1) is 12.8. The highest BCUT2D eigenvalue weighted by Crippen LogP contribution is 2.12. The third-order valence-corrected chi connectivity index (χ3v) is 2.15. The first-order valence-electron chi connectivity index (χ1n) is 5.22. The van der Waals surface area contributed by atoms with Gasteiger partial charge in [0, 0.05) is 17.9 Å². The summed E-state index contributed by atoms with van der Waals surface area (Å²) in [5.74, 6) is -0.547. The number of nitrogens with two attached hydrogens (primary N) is 2. The van der Waals surface area contributed by atoms with E-state index in [1.807, 2.05) is 0 Å². The fraction of sp³-hybridized carbons (Fsp3) is 0.273. The van der Waals surface area contributed by atoms with E-state index >= 15 is 0 Å². The monoisotopic (exact) mass is 236 g/mol. The van der Waals surface area contributed by atoms with Gasteiger partial charge in [0.15, 0.2) is 0 Å². The third kappa shape index (κ3) is 4.02. The highest BCUT2D eigenvalue weighted by Gasteiger charge is 2.13. The van der Waals surface area contributed by atoms with E-state index in [1.165, 1.54) is 4.90 Å². The van der Waals surface area contributed by atoms with Gasteiger partial charge < -0.3 is 21.7 Å². The molecule has 1 aromatic rings. The molecule has 6 nitrogen and oxygen atoms in total. The lowest BCUT2D eigenvalue weighted by atomic mass is 10.3. The summed E-state index contributed by atoms with van der Waals surface area (Å²) in [5, 5.41) is 2.64. The van der Waals surface area contributed by atoms with Crippen LogP contribution in [-0.2, 0) is 4.79 Å². The largest absolute Gasteiger partial charge is 0.399 e. The molecular formula is C11H16N4O2. The Labute approximate surface area is 99.6 Å². The number of hydrogen-bond acceptors (Lipinski definition) is 3. The third-order valence-electron chi connectivity index (χ3n) is 2.15. The SMILES string of the molecule is CCN(CC(N)=O)C(=O)Nc1cccc(N)c1. The summed E-state index contributed by atoms with van der Waals surface area (Å²) >= 11 is 0. The van der Waals surface area contributed by atoms with Gasteiger partial charge in [-0.25, -0.2) is 4.79 Å². The van der Waals surface area contributed by atoms with Crippen LogP contribution in [0.15, 0.2) is 24.3 Å². The Morgan fingerprint density at radius 2 is 2.12 bits per heavy atom. The van der Waals surface area contributed by atoms with Gasteiger partial charge in [-0.15, -0.1) is 0 Å². The number of nitrogen functional groups attached to an aromatic ring is 1. The van der Waals surface area contributed by atoms with Crippen molar-refractivity contribution in [3.8, 4) is 0 Å². The average Bonchev–Trinajstić information content (AvgIpc) is 2.25. The number of nitrogens with one attached hydrogen (secondary N) is 1. The van der Waals surface area contributed by atoms with Gasteiger partial charge in [0.05, 0.1) is 0 Å². The zero-order valence-corrected chi connectivity index (χ0v) is 9.64. The van der Waals surface area contributed by atoms with Crippen molar-refractivity contribution >= 4 is 23.3 Å². The zero-order chi connectivity index (χ0) is 12.8. The Hall–Kier alpha value is -2.24. The minimum Gasteiger partial charge on any atom is -0.399 e. The van der Waals surface area contributed by atoms with Crippen LogP contribution in [0.5, 0.6) is 0 Å². The number of carbonyl (C=O) groups is 2. The van der Waals surface area contributed by atoms with Crippen LogP contribution in [0.3, 0.4) is 0 Å². The number of likely N-dealkylation sites (N-methyl/N-ethyl adjacent to an activating group) is 1. The van der Waals surface area contributed by atoms with Crippen LogP contribution in [0.25, 0.3) is 0 Å². The molecule has 1 aromatic carbocycles. The van der Waals surface area contributed by atoms with Crippen LogP contribution in [0.1, 0.15) is 6.92 Å². The van der Waals surface area contributed by atoms with Crippen LogP contribution in [-0.4, -0.2) is 29.9 Å². The van der Waals surface area contributed by atoms with E-state index < -0.39 is 5.91 Å². The molecule has 0 spiro atoms. The van der Waals surface area contributed by atoms with Crippen molar-refractivity contribution in [3.63, 3.8) is 0 Å². The van der Waals surface area contributed by atoms with E-state index in [0.29, 0.717) is 17.9 Å². The first-order chi connectivity index (χ1) is 8.02. The Balaban J connectivity index is 2.67. The van der Waals surface area contributed by atoms with Crippen molar-refractivity contribution in [1.82, 2.24) is 4.90 Å². The number of carbonyl (C=O) groups excluding carboxylic acids is 2. The van der Waals surface area contributed by atoms with Gasteiger partial charge in [-0.05, 0) is 25.1 Å². The molecule has 17 heavy (non-hydrogen) atoms. The molecule has 0 aromatic heterocycles. The predicted molar refractivity (Wildman–Crippen MR) is 66.3 cm³/mol. The number of rotatable bonds is 4. The lowest BCUT2D eigenvalue weighted by molar-refractivity contribution is -0.118. The predicted octanol–water partition coefficient (Wildman–Crippen LogP) is 0.608. The van der Waals surface area contributed by atoms with E-state index in [1.54, 1.807) is 31.2 Å². The minimum absolute atomic E-state index is 0.106. The summed E-state index contributed by atoms with van der Waals surface area (Å²) in [6.07, 6.45) is 0. The maximum absolute atomic E-state index is 11.8. The normalized spacial score (nSPS) is 9.71. The number of amides is 3. The van der Waals surface area contributed by atoms with Crippen molar-refractivity contribution in [3.05, 3.63) is 24.3 Å². The van der Waals surface area contributed by atoms with Gasteiger partial charge in [0.2, 0.25) is 5.91 Å². The van der Waals surface area contributed by atoms with Crippen LogP contribution in [0, 0.1) is 0 Å². The zero-order valence-electron chi connectivity index (χ0n) is 9.64. The standard InChI is InChI=1S/C11H16N4O2/c1-2-15(7-10(13)16)11(17)14-9-5-3-4-8(12)6-9/h3-6H,2,7,12H2,1H3,(H2,13,16)(H,14,17). The van der Waals surface area contributed by atoms with Gasteiger partial charge in [-0.3, -0.25) is 4.79 Å². The summed E-state index contributed by atoms with van der Waals surface area (Å²) in [6, 6.07) is 6.42. The molecule has 1 rings (SSSR count). The molecule has 0 aliphatic heterocycles. The Kier molecular flexibility index (Phi) is 4.33. The second kappa shape index (κ2) is 5.74. The molecule has 0 bridgehead atoms. The molecule has 0 saturated heterocycles. The lowest BCUT2D eigenvalue weighted by Crippen LogP contribution is -2.40.